The van der Waals surface area contributed by atoms with Crippen molar-refractivity contribution in [3.8, 4) is 5.75 Å². The predicted octanol–water partition coefficient (Wildman–Crippen LogP) is 3.50. The summed E-state index contributed by atoms with van der Waals surface area (Å²) in [6.45, 7) is 5.31. The minimum Gasteiger partial charge on any atom is -0.506 e. The number of hydrogen-bond acceptors (Lipinski definition) is 3. The van der Waals surface area contributed by atoms with Crippen LogP contribution in [0.2, 0.25) is 0 Å². The molecule has 0 bridgehead atoms. The highest BCUT2D eigenvalue weighted by Crippen LogP contribution is 2.27. The van der Waals surface area contributed by atoms with Gasteiger partial charge in [-0.1, -0.05) is 15.9 Å². The molecule has 0 fully saturated rings. The molecule has 16 heavy (non-hydrogen) atoms. The zero-order valence-electron chi connectivity index (χ0n) is 9.37. The molecule has 4 nitrogen and oxygen atoms in total. The van der Waals surface area contributed by atoms with Crippen LogP contribution in [-0.4, -0.2) is 16.8 Å². The van der Waals surface area contributed by atoms with Gasteiger partial charge >= 0.3 is 6.09 Å². The maximum Gasteiger partial charge on any atom is 0.412 e. The van der Waals surface area contributed by atoms with E-state index in [0.29, 0.717) is 5.69 Å². The van der Waals surface area contributed by atoms with Crippen molar-refractivity contribution in [1.82, 2.24) is 0 Å². The molecule has 88 valence electrons. The fraction of sp³-hybridized carbons (Fsp3) is 0.364. The first-order chi connectivity index (χ1) is 7.28. The van der Waals surface area contributed by atoms with Crippen molar-refractivity contribution >= 4 is 27.7 Å². The highest BCUT2D eigenvalue weighted by Gasteiger charge is 2.17. The Morgan fingerprint density at radius 1 is 1.44 bits per heavy atom. The number of phenolic OH excluding ortho intramolecular Hbond substituents is 1. The molecule has 0 saturated carbocycles. The smallest absolute Gasteiger partial charge is 0.412 e. The molecule has 0 radical (unpaired) electrons. The van der Waals surface area contributed by atoms with Gasteiger partial charge in [0.2, 0.25) is 0 Å². The maximum absolute atomic E-state index is 11.4. The van der Waals surface area contributed by atoms with Crippen LogP contribution in [-0.2, 0) is 4.74 Å². The van der Waals surface area contributed by atoms with Gasteiger partial charge in [-0.15, -0.1) is 0 Å². The predicted molar refractivity (Wildman–Crippen MR) is 65.7 cm³/mol. The third-order valence-corrected chi connectivity index (χ3v) is 2.09. The molecule has 0 atom stereocenters. The second-order valence-electron chi connectivity index (χ2n) is 4.29. The highest BCUT2D eigenvalue weighted by molar-refractivity contribution is 9.10. The lowest BCUT2D eigenvalue weighted by molar-refractivity contribution is 0.0635. The number of carbonyl (C=O) groups is 1. The summed E-state index contributed by atoms with van der Waals surface area (Å²) in [6.07, 6.45) is -0.596. The summed E-state index contributed by atoms with van der Waals surface area (Å²) in [4.78, 5) is 11.4. The Bertz CT molecular complexity index is 399. The fourth-order valence-electron chi connectivity index (χ4n) is 1.02. The molecule has 2 N–H and O–H groups in total. The molecule has 0 unspecified atom stereocenters. The molecular formula is C11H14BrNO3. The van der Waals surface area contributed by atoms with Gasteiger partial charge in [0.05, 0.1) is 5.69 Å². The number of rotatable bonds is 1. The summed E-state index contributed by atoms with van der Waals surface area (Å²) in [5.41, 5.74) is -0.255. The first-order valence-corrected chi connectivity index (χ1v) is 5.56. The Balaban J connectivity index is 2.73. The van der Waals surface area contributed by atoms with Gasteiger partial charge in [-0.25, -0.2) is 4.79 Å². The topological polar surface area (TPSA) is 58.6 Å². The number of nitrogens with one attached hydrogen (secondary N) is 1. The van der Waals surface area contributed by atoms with Crippen LogP contribution in [0.5, 0.6) is 5.75 Å². The molecule has 0 saturated heterocycles. The molecule has 0 aliphatic heterocycles. The van der Waals surface area contributed by atoms with Gasteiger partial charge in [-0.3, -0.25) is 5.32 Å². The standard InChI is InChI=1S/C11H14BrNO3/c1-11(2,3)16-10(15)13-8-6-7(12)4-5-9(8)14/h4-6,14H,1-3H3,(H,13,15). The summed E-state index contributed by atoms with van der Waals surface area (Å²) in [7, 11) is 0. The van der Waals surface area contributed by atoms with E-state index < -0.39 is 11.7 Å². The van der Waals surface area contributed by atoms with Crippen molar-refractivity contribution < 1.29 is 14.6 Å². The van der Waals surface area contributed by atoms with Crippen molar-refractivity contribution in [2.24, 2.45) is 0 Å². The van der Waals surface area contributed by atoms with E-state index in [1.165, 1.54) is 6.07 Å². The van der Waals surface area contributed by atoms with Gasteiger partial charge in [-0.05, 0) is 39.0 Å². The van der Waals surface area contributed by atoms with E-state index in [2.05, 4.69) is 21.2 Å². The lowest BCUT2D eigenvalue weighted by Crippen LogP contribution is -2.27. The number of amides is 1. The summed E-state index contributed by atoms with van der Waals surface area (Å²) in [5, 5.41) is 12.0. The van der Waals surface area contributed by atoms with Crippen LogP contribution in [0.15, 0.2) is 22.7 Å². The summed E-state index contributed by atoms with van der Waals surface area (Å²) in [6, 6.07) is 4.76. The highest BCUT2D eigenvalue weighted by atomic mass is 79.9. The number of carbonyl (C=O) groups excluding carboxylic acids is 1. The molecule has 0 spiro atoms. The Morgan fingerprint density at radius 3 is 2.62 bits per heavy atom. The van der Waals surface area contributed by atoms with E-state index in [4.69, 9.17) is 4.74 Å². The number of hydrogen-bond donors (Lipinski definition) is 2. The van der Waals surface area contributed by atoms with Gasteiger partial charge in [0.15, 0.2) is 0 Å². The molecule has 1 aromatic carbocycles. The van der Waals surface area contributed by atoms with E-state index in [9.17, 15) is 9.90 Å². The van der Waals surface area contributed by atoms with E-state index in [1.54, 1.807) is 32.9 Å². The van der Waals surface area contributed by atoms with Crippen molar-refractivity contribution in [2.75, 3.05) is 5.32 Å². The number of ether oxygens (including phenoxy) is 1. The lowest BCUT2D eigenvalue weighted by atomic mass is 10.2. The normalized spacial score (nSPS) is 11.0. The van der Waals surface area contributed by atoms with Crippen LogP contribution in [0.1, 0.15) is 20.8 Å². The van der Waals surface area contributed by atoms with E-state index in [1.807, 2.05) is 0 Å². The fourth-order valence-corrected chi connectivity index (χ4v) is 1.38. The monoisotopic (exact) mass is 287 g/mol. The number of phenols is 1. The molecule has 1 amide bonds. The molecular weight excluding hydrogens is 274 g/mol. The Labute approximate surface area is 103 Å². The Kier molecular flexibility index (Phi) is 3.80. The van der Waals surface area contributed by atoms with Crippen molar-refractivity contribution in [1.29, 1.82) is 0 Å². The van der Waals surface area contributed by atoms with Gasteiger partial charge in [0, 0.05) is 4.47 Å². The summed E-state index contributed by atoms with van der Waals surface area (Å²) in [5.74, 6) is -0.00550. The van der Waals surface area contributed by atoms with Crippen molar-refractivity contribution in [3.63, 3.8) is 0 Å². The van der Waals surface area contributed by atoms with Gasteiger partial charge in [-0.2, -0.15) is 0 Å². The first-order valence-electron chi connectivity index (χ1n) is 4.76. The third-order valence-electron chi connectivity index (χ3n) is 1.59. The third kappa shape index (κ3) is 4.10. The SMILES string of the molecule is CC(C)(C)OC(=O)Nc1cc(Br)ccc1O. The second-order valence-corrected chi connectivity index (χ2v) is 5.20. The molecule has 1 rings (SSSR count). The number of anilines is 1. The van der Waals surface area contributed by atoms with Crippen LogP contribution in [0, 0.1) is 0 Å². The van der Waals surface area contributed by atoms with Crippen LogP contribution < -0.4 is 5.32 Å². The molecule has 0 heterocycles. The Hall–Kier alpha value is -1.23. The van der Waals surface area contributed by atoms with Gasteiger partial charge < -0.3 is 9.84 Å². The number of benzene rings is 1. The van der Waals surface area contributed by atoms with Crippen LogP contribution in [0.4, 0.5) is 10.5 Å². The minimum absolute atomic E-state index is 0.00550. The van der Waals surface area contributed by atoms with Crippen LogP contribution in [0.3, 0.4) is 0 Å². The van der Waals surface area contributed by atoms with Crippen LogP contribution in [0.25, 0.3) is 0 Å². The van der Waals surface area contributed by atoms with Crippen molar-refractivity contribution in [3.05, 3.63) is 22.7 Å². The zero-order chi connectivity index (χ0) is 12.3. The second kappa shape index (κ2) is 4.74. The average Bonchev–Trinajstić information content (AvgIpc) is 2.08. The number of aromatic hydroxyl groups is 1. The van der Waals surface area contributed by atoms with Gasteiger partial charge in [0.1, 0.15) is 11.4 Å². The average molecular weight is 288 g/mol. The maximum atomic E-state index is 11.4. The van der Waals surface area contributed by atoms with Crippen molar-refractivity contribution in [2.45, 2.75) is 26.4 Å². The largest absolute Gasteiger partial charge is 0.506 e. The molecule has 0 aromatic heterocycles. The van der Waals surface area contributed by atoms with E-state index in [-0.39, 0.29) is 5.75 Å². The van der Waals surface area contributed by atoms with E-state index in [0.717, 1.165) is 4.47 Å². The summed E-state index contributed by atoms with van der Waals surface area (Å²) >= 11 is 3.24. The zero-order valence-corrected chi connectivity index (χ0v) is 11.0. The number of halogens is 1. The molecule has 1 aromatic rings. The quantitative estimate of drug-likeness (QED) is 0.777. The molecule has 0 aliphatic rings. The first kappa shape index (κ1) is 12.8. The summed E-state index contributed by atoms with van der Waals surface area (Å²) < 4.78 is 5.82. The van der Waals surface area contributed by atoms with E-state index >= 15 is 0 Å². The lowest BCUT2D eigenvalue weighted by Gasteiger charge is -2.19. The Morgan fingerprint density at radius 2 is 2.06 bits per heavy atom. The molecule has 5 heteroatoms. The molecule has 0 aliphatic carbocycles. The van der Waals surface area contributed by atoms with Crippen LogP contribution >= 0.6 is 15.9 Å². The minimum atomic E-state index is -0.596. The van der Waals surface area contributed by atoms with Gasteiger partial charge in [0.25, 0.3) is 0 Å².